The first kappa shape index (κ1) is 24.0. The SMILES string of the molecule is CSc1ccc(C[C@@]23CCN(S(=O)(=O)c4ccc(C)cc4)[C@@H]2Cc2cc(SC)ccc2C3)cc1. The zero-order valence-corrected chi connectivity index (χ0v) is 22.4. The molecule has 2 aliphatic rings. The number of fused-ring (bicyclic) bond motifs is 2. The maximum absolute atomic E-state index is 13.8. The van der Waals surface area contributed by atoms with Gasteiger partial charge in [-0.3, -0.25) is 0 Å². The minimum atomic E-state index is -3.56. The van der Waals surface area contributed by atoms with Crippen LogP contribution in [0.25, 0.3) is 0 Å². The zero-order chi connectivity index (χ0) is 23.9. The van der Waals surface area contributed by atoms with E-state index in [0.29, 0.717) is 11.4 Å². The molecule has 0 aromatic heterocycles. The molecule has 1 heterocycles. The third kappa shape index (κ3) is 4.34. The lowest BCUT2D eigenvalue weighted by atomic mass is 9.65. The van der Waals surface area contributed by atoms with E-state index in [4.69, 9.17) is 0 Å². The van der Waals surface area contributed by atoms with Gasteiger partial charge in [-0.15, -0.1) is 23.5 Å². The second-order valence-corrected chi connectivity index (χ2v) is 13.2. The topological polar surface area (TPSA) is 37.4 Å². The monoisotopic (exact) mass is 509 g/mol. The largest absolute Gasteiger partial charge is 0.243 e. The molecule has 0 unspecified atom stereocenters. The summed E-state index contributed by atoms with van der Waals surface area (Å²) in [5, 5.41) is 0. The smallest absolute Gasteiger partial charge is 0.207 e. The number of aryl methyl sites for hydroxylation is 1. The molecule has 0 bridgehead atoms. The molecule has 0 saturated carbocycles. The van der Waals surface area contributed by atoms with E-state index in [2.05, 4.69) is 55.0 Å². The van der Waals surface area contributed by atoms with Gasteiger partial charge in [0.1, 0.15) is 0 Å². The number of sulfonamides is 1. The van der Waals surface area contributed by atoms with Crippen molar-refractivity contribution < 1.29 is 8.42 Å². The van der Waals surface area contributed by atoms with Crippen LogP contribution in [0.3, 0.4) is 0 Å². The lowest BCUT2D eigenvalue weighted by molar-refractivity contribution is 0.188. The molecule has 6 heteroatoms. The van der Waals surface area contributed by atoms with Crippen molar-refractivity contribution in [3.63, 3.8) is 0 Å². The molecule has 5 rings (SSSR count). The Labute approximate surface area is 212 Å². The van der Waals surface area contributed by atoms with Crippen molar-refractivity contribution in [3.05, 3.63) is 89.0 Å². The summed E-state index contributed by atoms with van der Waals surface area (Å²) >= 11 is 3.49. The molecule has 0 radical (unpaired) electrons. The standard InChI is InChI=1S/C28H31NO2S3/c1-20-4-12-26(13-5-20)34(30,31)29-15-14-28(18-21-6-9-24(32-2)10-7-21)19-22-8-11-25(33-3)16-23(22)17-27(28)29/h4-13,16,27H,14-15,17-19H2,1-3H3/t27-,28-/m1/s1. The zero-order valence-electron chi connectivity index (χ0n) is 20.0. The maximum atomic E-state index is 13.8. The van der Waals surface area contributed by atoms with Crippen LogP contribution in [-0.2, 0) is 29.3 Å². The molecule has 2 atom stereocenters. The highest BCUT2D eigenvalue weighted by atomic mass is 32.2. The van der Waals surface area contributed by atoms with E-state index in [9.17, 15) is 8.42 Å². The van der Waals surface area contributed by atoms with Crippen LogP contribution < -0.4 is 0 Å². The van der Waals surface area contributed by atoms with Crippen LogP contribution in [0.15, 0.2) is 81.4 Å². The molecule has 3 aromatic carbocycles. The molecule has 1 fully saturated rings. The third-order valence-corrected chi connectivity index (χ3v) is 11.0. The second-order valence-electron chi connectivity index (χ2n) is 9.60. The van der Waals surface area contributed by atoms with E-state index in [-0.39, 0.29) is 11.5 Å². The second kappa shape index (κ2) is 9.38. The fourth-order valence-corrected chi connectivity index (χ4v) is 8.30. The van der Waals surface area contributed by atoms with Gasteiger partial charge in [0.15, 0.2) is 0 Å². The number of nitrogens with zero attached hydrogens (tertiary/aromatic N) is 1. The van der Waals surface area contributed by atoms with E-state index in [1.165, 1.54) is 26.5 Å². The molecule has 3 nitrogen and oxygen atoms in total. The van der Waals surface area contributed by atoms with Gasteiger partial charge in [-0.25, -0.2) is 8.42 Å². The van der Waals surface area contributed by atoms with Gasteiger partial charge in [-0.2, -0.15) is 4.31 Å². The van der Waals surface area contributed by atoms with Crippen molar-refractivity contribution in [1.29, 1.82) is 0 Å². The van der Waals surface area contributed by atoms with Crippen molar-refractivity contribution in [3.8, 4) is 0 Å². The Bertz CT molecular complexity index is 1290. The highest BCUT2D eigenvalue weighted by molar-refractivity contribution is 7.98. The molecular weight excluding hydrogens is 479 g/mol. The van der Waals surface area contributed by atoms with Crippen LogP contribution in [0.4, 0.5) is 0 Å². The predicted octanol–water partition coefficient (Wildman–Crippen LogP) is 6.23. The van der Waals surface area contributed by atoms with Crippen LogP contribution in [0.2, 0.25) is 0 Å². The first-order valence-electron chi connectivity index (χ1n) is 11.7. The van der Waals surface area contributed by atoms with Gasteiger partial charge in [0.05, 0.1) is 4.90 Å². The summed E-state index contributed by atoms with van der Waals surface area (Å²) in [4.78, 5) is 2.90. The molecule has 0 spiro atoms. The third-order valence-electron chi connectivity index (χ3n) is 7.60. The van der Waals surface area contributed by atoms with Crippen molar-refractivity contribution in [2.45, 2.75) is 53.3 Å². The fraction of sp³-hybridized carbons (Fsp3) is 0.357. The molecule has 34 heavy (non-hydrogen) atoms. The maximum Gasteiger partial charge on any atom is 0.243 e. The molecule has 1 aliphatic carbocycles. The average Bonchev–Trinajstić information content (AvgIpc) is 3.21. The Morgan fingerprint density at radius 3 is 2.26 bits per heavy atom. The summed E-state index contributed by atoms with van der Waals surface area (Å²) in [7, 11) is -3.56. The predicted molar refractivity (Wildman–Crippen MR) is 143 cm³/mol. The minimum absolute atomic E-state index is 0.0383. The van der Waals surface area contributed by atoms with Gasteiger partial charge in [0.25, 0.3) is 0 Å². The number of rotatable bonds is 6. The van der Waals surface area contributed by atoms with Gasteiger partial charge < -0.3 is 0 Å². The van der Waals surface area contributed by atoms with Gasteiger partial charge in [0.2, 0.25) is 10.0 Å². The number of hydrogen-bond acceptors (Lipinski definition) is 4. The van der Waals surface area contributed by atoms with E-state index >= 15 is 0 Å². The molecule has 0 amide bonds. The van der Waals surface area contributed by atoms with Crippen molar-refractivity contribution in [2.24, 2.45) is 5.41 Å². The van der Waals surface area contributed by atoms with E-state index in [0.717, 1.165) is 31.2 Å². The number of hydrogen-bond donors (Lipinski definition) is 0. The normalized spacial score (nSPS) is 22.4. The molecule has 1 saturated heterocycles. The van der Waals surface area contributed by atoms with Crippen LogP contribution in [-0.4, -0.2) is 37.8 Å². The van der Waals surface area contributed by atoms with Gasteiger partial charge in [-0.05, 0) is 104 Å². The first-order chi connectivity index (χ1) is 16.3. The summed E-state index contributed by atoms with van der Waals surface area (Å²) in [5.74, 6) is 0. The van der Waals surface area contributed by atoms with Crippen molar-refractivity contribution in [1.82, 2.24) is 4.31 Å². The molecule has 178 valence electrons. The highest BCUT2D eigenvalue weighted by Crippen LogP contribution is 2.50. The van der Waals surface area contributed by atoms with Gasteiger partial charge >= 0.3 is 0 Å². The average molecular weight is 510 g/mol. The lowest BCUT2D eigenvalue weighted by Gasteiger charge is -2.43. The Balaban J connectivity index is 1.55. The Hall–Kier alpha value is -1.73. The molecule has 1 aliphatic heterocycles. The van der Waals surface area contributed by atoms with Gasteiger partial charge in [0, 0.05) is 22.4 Å². The molecule has 0 N–H and O–H groups in total. The van der Waals surface area contributed by atoms with Crippen molar-refractivity contribution in [2.75, 3.05) is 19.1 Å². The Morgan fingerprint density at radius 1 is 0.912 bits per heavy atom. The summed E-state index contributed by atoms with van der Waals surface area (Å²) in [6.07, 6.45) is 7.67. The molecule has 3 aromatic rings. The fourth-order valence-electron chi connectivity index (χ4n) is 5.72. The Kier molecular flexibility index (Phi) is 6.62. The van der Waals surface area contributed by atoms with Crippen LogP contribution in [0.1, 0.15) is 28.7 Å². The minimum Gasteiger partial charge on any atom is -0.207 e. The van der Waals surface area contributed by atoms with Crippen LogP contribution in [0.5, 0.6) is 0 Å². The number of thioether (sulfide) groups is 2. The summed E-state index contributed by atoms with van der Waals surface area (Å²) in [6.45, 7) is 2.56. The van der Waals surface area contributed by atoms with Gasteiger partial charge in [-0.1, -0.05) is 35.9 Å². The quantitative estimate of drug-likeness (QED) is 0.369. The first-order valence-corrected chi connectivity index (χ1v) is 15.6. The highest BCUT2D eigenvalue weighted by Gasteiger charge is 2.53. The van der Waals surface area contributed by atoms with E-state index < -0.39 is 10.0 Å². The van der Waals surface area contributed by atoms with E-state index in [1.807, 2.05) is 23.4 Å². The molecular formula is C28H31NO2S3. The van der Waals surface area contributed by atoms with Crippen molar-refractivity contribution >= 4 is 33.5 Å². The summed E-state index contributed by atoms with van der Waals surface area (Å²) in [6, 6.07) is 22.8. The van der Waals surface area contributed by atoms with E-state index in [1.54, 1.807) is 35.7 Å². The summed E-state index contributed by atoms with van der Waals surface area (Å²) in [5.41, 5.74) is 4.95. The summed E-state index contributed by atoms with van der Waals surface area (Å²) < 4.78 is 29.5. The van der Waals surface area contributed by atoms with Crippen LogP contribution >= 0.6 is 23.5 Å². The van der Waals surface area contributed by atoms with Crippen LogP contribution in [0, 0.1) is 12.3 Å². The Morgan fingerprint density at radius 2 is 1.59 bits per heavy atom. The number of benzene rings is 3. The lowest BCUT2D eigenvalue weighted by Crippen LogP contribution is -2.48.